The Morgan fingerprint density at radius 1 is 1.18 bits per heavy atom. The lowest BCUT2D eigenvalue weighted by molar-refractivity contribution is 0.0367. The van der Waals surface area contributed by atoms with Crippen LogP contribution in [0.5, 0.6) is 0 Å². The summed E-state index contributed by atoms with van der Waals surface area (Å²) in [5.41, 5.74) is 1.36. The quantitative estimate of drug-likeness (QED) is 0.505. The van der Waals surface area contributed by atoms with Crippen LogP contribution in [0.4, 0.5) is 0 Å². The predicted molar refractivity (Wildman–Crippen MR) is 121 cm³/mol. The van der Waals surface area contributed by atoms with Crippen LogP contribution >= 0.6 is 12.2 Å². The fourth-order valence-corrected chi connectivity index (χ4v) is 4.26. The second-order valence-corrected chi connectivity index (χ2v) is 8.26. The Morgan fingerprint density at radius 3 is 2.75 bits per heavy atom. The van der Waals surface area contributed by atoms with Gasteiger partial charge in [-0.15, -0.1) is 0 Å². The van der Waals surface area contributed by atoms with Crippen molar-refractivity contribution in [1.82, 2.24) is 15.1 Å². The van der Waals surface area contributed by atoms with Crippen molar-refractivity contribution in [3.8, 4) is 0 Å². The summed E-state index contributed by atoms with van der Waals surface area (Å²) in [5, 5.41) is 4.44. The molecule has 4 nitrogen and oxygen atoms in total. The molecule has 0 aromatic heterocycles. The Hall–Kier alpha value is -1.43. The highest BCUT2D eigenvalue weighted by atomic mass is 32.1. The molecule has 1 N–H and O–H groups in total. The Bertz CT molecular complexity index is 601. The van der Waals surface area contributed by atoms with E-state index in [9.17, 15) is 0 Å². The molecule has 1 unspecified atom stereocenters. The average Bonchev–Trinajstić information content (AvgIpc) is 2.75. The molecule has 0 bridgehead atoms. The zero-order chi connectivity index (χ0) is 19.4. The van der Waals surface area contributed by atoms with Gasteiger partial charge in [-0.25, -0.2) is 0 Å². The van der Waals surface area contributed by atoms with Gasteiger partial charge in [-0.1, -0.05) is 42.5 Å². The summed E-state index contributed by atoms with van der Waals surface area (Å²) in [6, 6.07) is 10.6. The third-order valence-corrected chi connectivity index (χ3v) is 6.08. The lowest BCUT2D eigenvalue weighted by atomic mass is 9.94. The van der Waals surface area contributed by atoms with Gasteiger partial charge in [-0.05, 0) is 55.8 Å². The van der Waals surface area contributed by atoms with Crippen molar-refractivity contribution in [2.24, 2.45) is 5.92 Å². The van der Waals surface area contributed by atoms with Gasteiger partial charge in [-0.3, -0.25) is 4.90 Å². The Kier molecular flexibility index (Phi) is 9.27. The van der Waals surface area contributed by atoms with Crippen LogP contribution in [0.3, 0.4) is 0 Å². The molecule has 1 saturated heterocycles. The van der Waals surface area contributed by atoms with Crippen LogP contribution in [0.15, 0.2) is 42.5 Å². The van der Waals surface area contributed by atoms with Crippen molar-refractivity contribution < 1.29 is 4.74 Å². The largest absolute Gasteiger partial charge is 0.379 e. The molecule has 154 valence electrons. The van der Waals surface area contributed by atoms with E-state index in [4.69, 9.17) is 17.0 Å². The SMILES string of the molecule is S=C(NCCc1ccccc1)N(CCCN1CCOCC1)CC1CC=CCC1. The number of hydrogen-bond acceptors (Lipinski definition) is 3. The Morgan fingerprint density at radius 2 is 2.00 bits per heavy atom. The highest BCUT2D eigenvalue weighted by molar-refractivity contribution is 7.80. The lowest BCUT2D eigenvalue weighted by Gasteiger charge is -2.32. The predicted octanol–water partition coefficient (Wildman–Crippen LogP) is 3.48. The fourth-order valence-electron chi connectivity index (χ4n) is 3.99. The fraction of sp³-hybridized carbons (Fsp3) is 0.609. The molecule has 1 atom stereocenters. The molecule has 5 heteroatoms. The van der Waals surface area contributed by atoms with E-state index in [1.807, 2.05) is 0 Å². The average molecular weight is 402 g/mol. The van der Waals surface area contributed by atoms with E-state index in [-0.39, 0.29) is 0 Å². The third kappa shape index (κ3) is 7.53. The molecule has 1 aliphatic heterocycles. The number of nitrogens with one attached hydrogen (secondary N) is 1. The van der Waals surface area contributed by atoms with Crippen molar-refractivity contribution in [1.29, 1.82) is 0 Å². The number of allylic oxidation sites excluding steroid dienone is 2. The van der Waals surface area contributed by atoms with Crippen molar-refractivity contribution in [2.45, 2.75) is 32.1 Å². The van der Waals surface area contributed by atoms with Gasteiger partial charge < -0.3 is 15.0 Å². The van der Waals surface area contributed by atoms with Gasteiger partial charge in [0, 0.05) is 39.3 Å². The van der Waals surface area contributed by atoms with Crippen molar-refractivity contribution in [3.63, 3.8) is 0 Å². The minimum Gasteiger partial charge on any atom is -0.379 e. The first kappa shape index (κ1) is 21.3. The van der Waals surface area contributed by atoms with E-state index in [1.165, 1.54) is 24.8 Å². The number of benzene rings is 1. The highest BCUT2D eigenvalue weighted by Crippen LogP contribution is 2.19. The van der Waals surface area contributed by atoms with E-state index in [2.05, 4.69) is 57.6 Å². The number of rotatable bonds is 9. The van der Waals surface area contributed by atoms with Gasteiger partial charge in [0.1, 0.15) is 0 Å². The van der Waals surface area contributed by atoms with Crippen LogP contribution in [0, 0.1) is 5.92 Å². The molecule has 2 aliphatic rings. The van der Waals surface area contributed by atoms with Crippen molar-refractivity contribution in [3.05, 3.63) is 48.0 Å². The summed E-state index contributed by atoms with van der Waals surface area (Å²) in [4.78, 5) is 4.93. The molecule has 0 radical (unpaired) electrons. The van der Waals surface area contributed by atoms with E-state index >= 15 is 0 Å². The van der Waals surface area contributed by atoms with E-state index in [0.717, 1.165) is 76.4 Å². The topological polar surface area (TPSA) is 27.7 Å². The minimum atomic E-state index is 0.724. The smallest absolute Gasteiger partial charge is 0.168 e. The van der Waals surface area contributed by atoms with E-state index in [0.29, 0.717) is 0 Å². The van der Waals surface area contributed by atoms with Gasteiger partial charge in [0.15, 0.2) is 5.11 Å². The van der Waals surface area contributed by atoms with Crippen LogP contribution < -0.4 is 5.32 Å². The molecule has 1 aromatic carbocycles. The van der Waals surface area contributed by atoms with E-state index < -0.39 is 0 Å². The van der Waals surface area contributed by atoms with Gasteiger partial charge in [-0.2, -0.15) is 0 Å². The highest BCUT2D eigenvalue weighted by Gasteiger charge is 2.18. The van der Waals surface area contributed by atoms with Crippen LogP contribution in [-0.4, -0.2) is 67.4 Å². The molecule has 1 fully saturated rings. The third-order valence-electron chi connectivity index (χ3n) is 5.68. The van der Waals surface area contributed by atoms with Crippen molar-refractivity contribution in [2.75, 3.05) is 52.5 Å². The molecular weight excluding hydrogens is 366 g/mol. The minimum absolute atomic E-state index is 0.724. The first-order valence-electron chi connectivity index (χ1n) is 10.8. The summed E-state index contributed by atoms with van der Waals surface area (Å²) in [6.45, 7) is 8.01. The molecule has 0 saturated carbocycles. The summed E-state index contributed by atoms with van der Waals surface area (Å²) in [6.07, 6.45) is 10.5. The normalized spacial score (nSPS) is 20.1. The van der Waals surface area contributed by atoms with Gasteiger partial charge >= 0.3 is 0 Å². The number of ether oxygens (including phenoxy) is 1. The first-order valence-corrected chi connectivity index (χ1v) is 11.2. The zero-order valence-corrected chi connectivity index (χ0v) is 17.8. The summed E-state index contributed by atoms with van der Waals surface area (Å²) >= 11 is 5.79. The maximum Gasteiger partial charge on any atom is 0.168 e. The summed E-state index contributed by atoms with van der Waals surface area (Å²) < 4.78 is 5.46. The Balaban J connectivity index is 1.45. The van der Waals surface area contributed by atoms with Crippen LogP contribution in [0.25, 0.3) is 0 Å². The molecule has 1 aromatic rings. The van der Waals surface area contributed by atoms with Gasteiger partial charge in [0.2, 0.25) is 0 Å². The monoisotopic (exact) mass is 401 g/mol. The maximum atomic E-state index is 5.79. The standard InChI is InChI=1S/C23H35N3OS/c28-23(24-13-12-21-8-3-1-4-9-21)26(20-22-10-5-2-6-11-22)15-7-14-25-16-18-27-19-17-25/h1-5,8-9,22H,6-7,10-20H2,(H,24,28). The summed E-state index contributed by atoms with van der Waals surface area (Å²) in [7, 11) is 0. The van der Waals surface area contributed by atoms with Crippen LogP contribution in [-0.2, 0) is 11.2 Å². The molecule has 3 rings (SSSR count). The molecule has 1 heterocycles. The van der Waals surface area contributed by atoms with Crippen LogP contribution in [0.2, 0.25) is 0 Å². The summed E-state index contributed by atoms with van der Waals surface area (Å²) in [5.74, 6) is 0.724. The second-order valence-electron chi connectivity index (χ2n) is 7.87. The maximum absolute atomic E-state index is 5.79. The van der Waals surface area contributed by atoms with Crippen molar-refractivity contribution >= 4 is 17.3 Å². The van der Waals surface area contributed by atoms with Gasteiger partial charge in [0.25, 0.3) is 0 Å². The zero-order valence-electron chi connectivity index (χ0n) is 17.0. The number of hydrogen-bond donors (Lipinski definition) is 1. The Labute approximate surface area is 175 Å². The number of morpholine rings is 1. The second kappa shape index (κ2) is 12.2. The van der Waals surface area contributed by atoms with E-state index in [1.54, 1.807) is 0 Å². The number of nitrogens with zero attached hydrogens (tertiary/aromatic N) is 2. The molecule has 0 amide bonds. The van der Waals surface area contributed by atoms with Crippen LogP contribution in [0.1, 0.15) is 31.2 Å². The molecule has 0 spiro atoms. The van der Waals surface area contributed by atoms with Gasteiger partial charge in [0.05, 0.1) is 13.2 Å². The number of thiocarbonyl (C=S) groups is 1. The lowest BCUT2D eigenvalue weighted by Crippen LogP contribution is -2.45. The molecular formula is C23H35N3OS. The first-order chi connectivity index (χ1) is 13.8. The molecule has 1 aliphatic carbocycles. The molecule has 28 heavy (non-hydrogen) atoms.